The number of pyridine rings is 1. The fourth-order valence-corrected chi connectivity index (χ4v) is 2.35. The molecule has 0 spiro atoms. The van der Waals surface area contributed by atoms with Gasteiger partial charge in [-0.2, -0.15) is 0 Å². The maximum atomic E-state index is 12.3. The molecule has 1 amide bonds. The molecule has 1 aliphatic rings. The van der Waals surface area contributed by atoms with Gasteiger partial charge in [0.1, 0.15) is 11.3 Å². The molecule has 8 heteroatoms. The highest BCUT2D eigenvalue weighted by Gasteiger charge is 2.52. The first-order valence-corrected chi connectivity index (χ1v) is 8.28. The lowest BCUT2D eigenvalue weighted by Crippen LogP contribution is -2.41. The van der Waals surface area contributed by atoms with Crippen molar-refractivity contribution in [2.75, 3.05) is 5.32 Å². The minimum atomic E-state index is -0.685. The summed E-state index contributed by atoms with van der Waals surface area (Å²) in [6.07, 6.45) is 0.959. The molecule has 0 saturated carbocycles. The van der Waals surface area contributed by atoms with Gasteiger partial charge in [0.15, 0.2) is 0 Å². The average Bonchev–Trinajstić information content (AvgIpc) is 2.61. The van der Waals surface area contributed by atoms with E-state index in [2.05, 4.69) is 5.32 Å². The smallest absolute Gasteiger partial charge is 0.444 e. The second-order valence-corrected chi connectivity index (χ2v) is 8.32. The number of hydrogen-bond donors (Lipinski definition) is 1. The summed E-state index contributed by atoms with van der Waals surface area (Å²) in [5, 5.41) is 2.51. The SMILES string of the molecule is Cn1cc(B2OC(C)(C)C(C)(C)O2)cc(NC(=O)OC(C)(C)C)c1=O. The molecule has 0 aliphatic carbocycles. The van der Waals surface area contributed by atoms with Gasteiger partial charge in [-0.15, -0.1) is 0 Å². The Balaban J connectivity index is 2.30. The number of aryl methyl sites for hydroxylation is 1. The Hall–Kier alpha value is -1.80. The Labute approximate surface area is 148 Å². The highest BCUT2D eigenvalue weighted by Crippen LogP contribution is 2.36. The third kappa shape index (κ3) is 4.25. The van der Waals surface area contributed by atoms with E-state index in [4.69, 9.17) is 14.0 Å². The Morgan fingerprint density at radius 2 is 1.72 bits per heavy atom. The van der Waals surface area contributed by atoms with Gasteiger partial charge in [-0.05, 0) is 54.5 Å². The lowest BCUT2D eigenvalue weighted by molar-refractivity contribution is 0.00578. The number of nitrogens with zero attached hydrogens (tertiary/aromatic N) is 1. The predicted octanol–water partition coefficient (Wildman–Crippen LogP) is 2.03. The molecule has 0 atom stereocenters. The third-order valence-corrected chi connectivity index (χ3v) is 4.37. The van der Waals surface area contributed by atoms with Crippen LogP contribution in [0.15, 0.2) is 17.1 Å². The van der Waals surface area contributed by atoms with E-state index in [0.717, 1.165) is 0 Å². The molecule has 2 heterocycles. The summed E-state index contributed by atoms with van der Waals surface area (Å²) in [6, 6.07) is 1.56. The van der Waals surface area contributed by atoms with Crippen LogP contribution in [0, 0.1) is 0 Å². The summed E-state index contributed by atoms with van der Waals surface area (Å²) in [5.74, 6) is 0. The van der Waals surface area contributed by atoms with Gasteiger partial charge in [0.2, 0.25) is 0 Å². The molecule has 1 aliphatic heterocycles. The molecule has 1 fully saturated rings. The van der Waals surface area contributed by atoms with Gasteiger partial charge in [0.05, 0.1) is 11.2 Å². The van der Waals surface area contributed by atoms with Crippen LogP contribution in [0.5, 0.6) is 0 Å². The van der Waals surface area contributed by atoms with Crippen molar-refractivity contribution in [3.8, 4) is 0 Å². The Kier molecular flexibility index (Phi) is 4.82. The lowest BCUT2D eigenvalue weighted by atomic mass is 9.80. The van der Waals surface area contributed by atoms with Crippen LogP contribution < -0.4 is 16.3 Å². The van der Waals surface area contributed by atoms with Crippen molar-refractivity contribution in [2.24, 2.45) is 7.05 Å². The second-order valence-electron chi connectivity index (χ2n) is 8.32. The van der Waals surface area contributed by atoms with Crippen molar-refractivity contribution < 1.29 is 18.8 Å². The second kappa shape index (κ2) is 6.18. The third-order valence-electron chi connectivity index (χ3n) is 4.37. The van der Waals surface area contributed by atoms with Crippen LogP contribution in [0.2, 0.25) is 0 Å². The number of amides is 1. The number of ether oxygens (including phenoxy) is 1. The molecule has 1 aromatic heterocycles. The molecule has 7 nitrogen and oxygen atoms in total. The molecule has 2 rings (SSSR count). The van der Waals surface area contributed by atoms with Crippen LogP contribution in [0.1, 0.15) is 48.5 Å². The van der Waals surface area contributed by atoms with E-state index in [1.54, 1.807) is 40.1 Å². The molecule has 25 heavy (non-hydrogen) atoms. The molecular weight excluding hydrogens is 323 g/mol. The average molecular weight is 350 g/mol. The van der Waals surface area contributed by atoms with Crippen molar-refractivity contribution in [1.82, 2.24) is 4.57 Å². The quantitative estimate of drug-likeness (QED) is 0.826. The van der Waals surface area contributed by atoms with Gasteiger partial charge in [0, 0.05) is 18.7 Å². The van der Waals surface area contributed by atoms with E-state index in [1.165, 1.54) is 4.57 Å². The molecule has 1 aromatic rings. The van der Waals surface area contributed by atoms with Crippen molar-refractivity contribution in [1.29, 1.82) is 0 Å². The number of carbonyl (C=O) groups excluding carboxylic acids is 1. The Morgan fingerprint density at radius 1 is 1.20 bits per heavy atom. The zero-order valence-corrected chi connectivity index (χ0v) is 16.2. The number of carbonyl (C=O) groups is 1. The monoisotopic (exact) mass is 350 g/mol. The highest BCUT2D eigenvalue weighted by molar-refractivity contribution is 6.62. The van der Waals surface area contributed by atoms with Crippen molar-refractivity contribution in [3.05, 3.63) is 22.6 Å². The number of nitrogens with one attached hydrogen (secondary N) is 1. The Bertz CT molecular complexity index is 718. The zero-order valence-electron chi connectivity index (χ0n) is 16.2. The molecule has 0 bridgehead atoms. The predicted molar refractivity (Wildman–Crippen MR) is 97.3 cm³/mol. The molecule has 138 valence electrons. The van der Waals surface area contributed by atoms with E-state index >= 15 is 0 Å². The van der Waals surface area contributed by atoms with Crippen LogP contribution in [0.25, 0.3) is 0 Å². The topological polar surface area (TPSA) is 78.8 Å². The van der Waals surface area contributed by atoms with Gasteiger partial charge in [0.25, 0.3) is 5.56 Å². The molecule has 1 saturated heterocycles. The summed E-state index contributed by atoms with van der Waals surface area (Å²) in [5.41, 5.74) is -1.23. The minimum absolute atomic E-state index is 0.115. The van der Waals surface area contributed by atoms with E-state index in [0.29, 0.717) is 5.46 Å². The molecule has 0 aromatic carbocycles. The minimum Gasteiger partial charge on any atom is -0.444 e. The highest BCUT2D eigenvalue weighted by atomic mass is 16.7. The van der Waals surface area contributed by atoms with Crippen molar-refractivity contribution in [2.45, 2.75) is 65.3 Å². The van der Waals surface area contributed by atoms with E-state index in [1.807, 2.05) is 27.7 Å². The van der Waals surface area contributed by atoms with Crippen LogP contribution >= 0.6 is 0 Å². The maximum absolute atomic E-state index is 12.3. The van der Waals surface area contributed by atoms with Gasteiger partial charge in [-0.1, -0.05) is 0 Å². The maximum Gasteiger partial charge on any atom is 0.496 e. The Morgan fingerprint density at radius 3 is 2.20 bits per heavy atom. The first kappa shape index (κ1) is 19.5. The van der Waals surface area contributed by atoms with Gasteiger partial charge in [-0.25, -0.2) is 4.79 Å². The summed E-state index contributed by atoms with van der Waals surface area (Å²) in [6.45, 7) is 13.1. The first-order valence-electron chi connectivity index (χ1n) is 8.28. The van der Waals surface area contributed by atoms with Crippen LogP contribution in [-0.2, 0) is 21.1 Å². The van der Waals surface area contributed by atoms with E-state index in [-0.39, 0.29) is 11.2 Å². The summed E-state index contributed by atoms with van der Waals surface area (Å²) >= 11 is 0. The molecule has 1 N–H and O–H groups in total. The van der Waals surface area contributed by atoms with Gasteiger partial charge < -0.3 is 18.6 Å². The number of aromatic nitrogens is 1. The van der Waals surface area contributed by atoms with E-state index in [9.17, 15) is 9.59 Å². The van der Waals surface area contributed by atoms with E-state index < -0.39 is 30.0 Å². The van der Waals surface area contributed by atoms with Crippen molar-refractivity contribution >= 4 is 24.4 Å². The van der Waals surface area contributed by atoms with Crippen LogP contribution in [0.3, 0.4) is 0 Å². The van der Waals surface area contributed by atoms with Gasteiger partial charge >= 0.3 is 13.2 Å². The fraction of sp³-hybridized carbons (Fsp3) is 0.647. The van der Waals surface area contributed by atoms with Gasteiger partial charge in [-0.3, -0.25) is 10.1 Å². The van der Waals surface area contributed by atoms with Crippen LogP contribution in [-0.4, -0.2) is 34.6 Å². The normalized spacial score (nSPS) is 19.0. The molecule has 0 unspecified atom stereocenters. The number of hydrogen-bond acceptors (Lipinski definition) is 5. The molecule has 0 radical (unpaired) electrons. The lowest BCUT2D eigenvalue weighted by Gasteiger charge is -2.32. The fourth-order valence-electron chi connectivity index (χ4n) is 2.35. The van der Waals surface area contributed by atoms with Crippen molar-refractivity contribution in [3.63, 3.8) is 0 Å². The van der Waals surface area contributed by atoms with Crippen LogP contribution in [0.4, 0.5) is 10.5 Å². The number of anilines is 1. The summed E-state index contributed by atoms with van der Waals surface area (Å²) in [4.78, 5) is 24.3. The number of rotatable bonds is 2. The summed E-state index contributed by atoms with van der Waals surface area (Å²) < 4.78 is 18.6. The summed E-state index contributed by atoms with van der Waals surface area (Å²) in [7, 11) is 0.980. The standard InChI is InChI=1S/C17H27BN2O5/c1-15(2,3)23-14(22)19-12-9-11(10-20(8)13(12)21)18-24-16(4,5)17(6,7)25-18/h9-10H,1-8H3,(H,19,22). The zero-order chi connectivity index (χ0) is 19.2. The first-order chi connectivity index (χ1) is 11.2. The largest absolute Gasteiger partial charge is 0.496 e. The molecular formula is C17H27BN2O5.